The fraction of sp³-hybridized carbons (Fsp3) is 0.148. The van der Waals surface area contributed by atoms with Crippen molar-refractivity contribution in [2.45, 2.75) is 31.3 Å². The predicted molar refractivity (Wildman–Crippen MR) is 141 cm³/mol. The minimum atomic E-state index is -3.82. The number of fused-ring (bicyclic) bond motifs is 1. The van der Waals surface area contributed by atoms with Crippen molar-refractivity contribution in [1.82, 2.24) is 0 Å². The second-order valence-corrected chi connectivity index (χ2v) is 10.1. The van der Waals surface area contributed by atoms with Crippen LogP contribution in [0.5, 0.6) is 5.75 Å². The van der Waals surface area contributed by atoms with E-state index in [0.29, 0.717) is 34.1 Å². The summed E-state index contributed by atoms with van der Waals surface area (Å²) in [5, 5.41) is 5.39. The van der Waals surface area contributed by atoms with E-state index in [2.05, 4.69) is 10.0 Å². The molecule has 4 aromatic rings. The van der Waals surface area contributed by atoms with E-state index in [4.69, 9.17) is 16.3 Å². The van der Waals surface area contributed by atoms with Crippen molar-refractivity contribution >= 4 is 49.7 Å². The molecule has 0 aliphatic rings. The second-order valence-electron chi connectivity index (χ2n) is 8.06. The van der Waals surface area contributed by atoms with Crippen LogP contribution < -0.4 is 14.8 Å². The minimum Gasteiger partial charge on any atom is -0.481 e. The summed E-state index contributed by atoms with van der Waals surface area (Å²) in [4.78, 5) is 12.9. The zero-order valence-electron chi connectivity index (χ0n) is 19.3. The molecule has 0 unspecified atom stereocenters. The fourth-order valence-electron chi connectivity index (χ4n) is 3.59. The molecule has 4 aromatic carbocycles. The molecular weight excluding hydrogens is 484 g/mol. The van der Waals surface area contributed by atoms with E-state index in [1.54, 1.807) is 37.3 Å². The molecule has 0 radical (unpaired) electrons. The van der Waals surface area contributed by atoms with Crippen LogP contribution in [0.2, 0.25) is 5.02 Å². The van der Waals surface area contributed by atoms with Gasteiger partial charge in [-0.1, -0.05) is 54.9 Å². The topological polar surface area (TPSA) is 84.5 Å². The molecule has 6 nitrogen and oxygen atoms in total. The maximum Gasteiger partial charge on any atom is 0.265 e. The van der Waals surface area contributed by atoms with Gasteiger partial charge in [0.2, 0.25) is 0 Å². The Morgan fingerprint density at radius 2 is 1.66 bits per heavy atom. The number of amides is 1. The molecule has 35 heavy (non-hydrogen) atoms. The molecule has 4 rings (SSSR count). The molecule has 0 heterocycles. The monoisotopic (exact) mass is 508 g/mol. The van der Waals surface area contributed by atoms with Gasteiger partial charge in [-0.2, -0.15) is 0 Å². The van der Waals surface area contributed by atoms with E-state index in [0.717, 1.165) is 10.8 Å². The molecule has 2 N–H and O–H groups in total. The highest BCUT2D eigenvalue weighted by Crippen LogP contribution is 2.26. The lowest BCUT2D eigenvalue weighted by Gasteiger charge is -2.18. The number of hydrogen-bond acceptors (Lipinski definition) is 4. The third-order valence-corrected chi connectivity index (χ3v) is 7.40. The van der Waals surface area contributed by atoms with Gasteiger partial charge in [0.25, 0.3) is 15.9 Å². The van der Waals surface area contributed by atoms with Gasteiger partial charge >= 0.3 is 0 Å². The van der Waals surface area contributed by atoms with Crippen molar-refractivity contribution < 1.29 is 17.9 Å². The van der Waals surface area contributed by atoms with Crippen molar-refractivity contribution in [2.24, 2.45) is 0 Å². The number of benzene rings is 4. The molecular formula is C27H25ClN2O4S. The molecule has 0 spiro atoms. The number of halogens is 1. The number of carbonyl (C=O) groups is 1. The molecule has 1 amide bonds. The first-order valence-corrected chi connectivity index (χ1v) is 13.0. The normalized spacial score (nSPS) is 12.2. The summed E-state index contributed by atoms with van der Waals surface area (Å²) in [6.45, 7) is 3.60. The quantitative estimate of drug-likeness (QED) is 0.288. The number of carbonyl (C=O) groups excluding carboxylic acids is 1. The second kappa shape index (κ2) is 10.4. The first-order valence-electron chi connectivity index (χ1n) is 11.1. The van der Waals surface area contributed by atoms with Gasteiger partial charge in [0.15, 0.2) is 6.10 Å². The maximum atomic E-state index is 12.8. The van der Waals surface area contributed by atoms with Crippen molar-refractivity contribution in [3.63, 3.8) is 0 Å². The van der Waals surface area contributed by atoms with Gasteiger partial charge in [-0.25, -0.2) is 8.42 Å². The smallest absolute Gasteiger partial charge is 0.265 e. The van der Waals surface area contributed by atoms with E-state index in [-0.39, 0.29) is 10.8 Å². The maximum absolute atomic E-state index is 12.8. The average Bonchev–Trinajstić information content (AvgIpc) is 2.85. The van der Waals surface area contributed by atoms with Crippen molar-refractivity contribution in [3.05, 3.63) is 95.5 Å². The lowest BCUT2D eigenvalue weighted by molar-refractivity contribution is -0.122. The van der Waals surface area contributed by atoms with Crippen LogP contribution in [-0.4, -0.2) is 20.4 Å². The Kier molecular flexibility index (Phi) is 7.28. The summed E-state index contributed by atoms with van der Waals surface area (Å²) in [7, 11) is -3.82. The predicted octanol–water partition coefficient (Wildman–Crippen LogP) is 6.40. The Hall–Kier alpha value is -3.55. The van der Waals surface area contributed by atoms with Gasteiger partial charge in [-0.05, 0) is 78.2 Å². The summed E-state index contributed by atoms with van der Waals surface area (Å²) >= 11 is 6.09. The van der Waals surface area contributed by atoms with E-state index < -0.39 is 16.1 Å². The van der Waals surface area contributed by atoms with Crippen LogP contribution in [-0.2, 0) is 14.8 Å². The number of sulfonamides is 1. The highest BCUT2D eigenvalue weighted by atomic mass is 35.5. The Balaban J connectivity index is 1.43. The Morgan fingerprint density at radius 1 is 0.943 bits per heavy atom. The average molecular weight is 509 g/mol. The molecule has 0 aliphatic carbocycles. The van der Waals surface area contributed by atoms with Crippen LogP contribution in [0.3, 0.4) is 0 Å². The Bertz CT molecular complexity index is 1470. The lowest BCUT2D eigenvalue weighted by atomic mass is 10.1. The van der Waals surface area contributed by atoms with Crippen LogP contribution in [0.1, 0.15) is 18.9 Å². The van der Waals surface area contributed by atoms with Crippen LogP contribution >= 0.6 is 11.6 Å². The molecule has 8 heteroatoms. The van der Waals surface area contributed by atoms with E-state index >= 15 is 0 Å². The molecule has 1 atom stereocenters. The molecule has 0 aliphatic heterocycles. The van der Waals surface area contributed by atoms with Crippen LogP contribution in [0.4, 0.5) is 11.4 Å². The molecule has 0 aromatic heterocycles. The molecule has 0 saturated heterocycles. The third-order valence-electron chi connectivity index (χ3n) is 5.61. The highest BCUT2D eigenvalue weighted by Gasteiger charge is 2.20. The van der Waals surface area contributed by atoms with E-state index in [1.807, 2.05) is 49.4 Å². The summed E-state index contributed by atoms with van der Waals surface area (Å²) in [5.74, 6) is 0.290. The molecule has 180 valence electrons. The molecule has 0 fully saturated rings. The molecule has 0 saturated carbocycles. The van der Waals surface area contributed by atoms with Crippen molar-refractivity contribution in [1.29, 1.82) is 0 Å². The Labute approximate surface area is 209 Å². The summed E-state index contributed by atoms with van der Waals surface area (Å²) in [6.07, 6.45) is -0.236. The van der Waals surface area contributed by atoms with Gasteiger partial charge < -0.3 is 10.1 Å². The largest absolute Gasteiger partial charge is 0.481 e. The van der Waals surface area contributed by atoms with Crippen LogP contribution in [0.15, 0.2) is 89.8 Å². The van der Waals surface area contributed by atoms with Gasteiger partial charge in [-0.15, -0.1) is 0 Å². The van der Waals surface area contributed by atoms with E-state index in [1.165, 1.54) is 12.1 Å². The van der Waals surface area contributed by atoms with Crippen LogP contribution in [0, 0.1) is 6.92 Å². The zero-order chi connectivity index (χ0) is 25.0. The van der Waals surface area contributed by atoms with Crippen molar-refractivity contribution in [2.75, 3.05) is 10.0 Å². The summed E-state index contributed by atoms with van der Waals surface area (Å²) in [5.41, 5.74) is 1.51. The van der Waals surface area contributed by atoms with Gasteiger partial charge in [0, 0.05) is 10.7 Å². The van der Waals surface area contributed by atoms with Gasteiger partial charge in [-0.3, -0.25) is 9.52 Å². The fourth-order valence-corrected chi connectivity index (χ4v) is 4.89. The summed E-state index contributed by atoms with van der Waals surface area (Å²) < 4.78 is 34.1. The number of rotatable bonds is 8. The number of hydrogen-bond donors (Lipinski definition) is 2. The Morgan fingerprint density at radius 3 is 2.37 bits per heavy atom. The molecule has 0 bridgehead atoms. The lowest BCUT2D eigenvalue weighted by Crippen LogP contribution is -2.32. The van der Waals surface area contributed by atoms with Crippen molar-refractivity contribution in [3.8, 4) is 5.75 Å². The first kappa shape index (κ1) is 24.6. The van der Waals surface area contributed by atoms with E-state index in [9.17, 15) is 13.2 Å². The summed E-state index contributed by atoms with van der Waals surface area (Å²) in [6, 6.07) is 24.6. The van der Waals surface area contributed by atoms with Gasteiger partial charge in [0.1, 0.15) is 5.75 Å². The minimum absolute atomic E-state index is 0.0642. The number of ether oxygens (including phenoxy) is 1. The standard InChI is InChI=1S/C27H25ClN2O4S/c1-3-26(34-22-14-11-19-7-4-5-8-20(19)17-22)27(31)29-21-12-15-23(16-13-21)35(32,33)30-25-10-6-9-24(28)18(25)2/h4-17,26,30H,3H2,1-2H3,(H,29,31)/t26-/m0/s1. The number of anilines is 2. The number of nitrogens with one attached hydrogen (secondary N) is 2. The van der Waals surface area contributed by atoms with Gasteiger partial charge in [0.05, 0.1) is 10.6 Å². The van der Waals surface area contributed by atoms with Crippen LogP contribution in [0.25, 0.3) is 10.8 Å². The highest BCUT2D eigenvalue weighted by molar-refractivity contribution is 7.92. The first-order chi connectivity index (χ1) is 16.8. The zero-order valence-corrected chi connectivity index (χ0v) is 20.9. The third kappa shape index (κ3) is 5.75. The SMILES string of the molecule is CC[C@H](Oc1ccc2ccccc2c1)C(=O)Nc1ccc(S(=O)(=O)Nc2cccc(Cl)c2C)cc1.